The van der Waals surface area contributed by atoms with E-state index in [-0.39, 0.29) is 11.2 Å². The predicted molar refractivity (Wildman–Crippen MR) is 102 cm³/mol. The molecule has 2 N–H and O–H groups in total. The van der Waals surface area contributed by atoms with E-state index in [4.69, 9.17) is 11.6 Å². The van der Waals surface area contributed by atoms with E-state index in [2.05, 4.69) is 34.7 Å². The quantitative estimate of drug-likeness (QED) is 0.672. The fourth-order valence-electron chi connectivity index (χ4n) is 1.79. The maximum absolute atomic E-state index is 12.2. The van der Waals surface area contributed by atoms with Gasteiger partial charge in [0.15, 0.2) is 4.34 Å². The second-order valence-electron chi connectivity index (χ2n) is 5.72. The number of nitrogens with one attached hydrogen (secondary N) is 2. The molecule has 1 aromatic heterocycles. The van der Waals surface area contributed by atoms with E-state index in [9.17, 15) is 4.79 Å². The van der Waals surface area contributed by atoms with Crippen molar-refractivity contribution in [2.45, 2.75) is 36.9 Å². The molecule has 0 saturated heterocycles. The van der Waals surface area contributed by atoms with Crippen LogP contribution in [0.25, 0.3) is 0 Å². The molecule has 1 atom stereocenters. The van der Waals surface area contributed by atoms with Crippen LogP contribution in [0.1, 0.15) is 26.3 Å². The second kappa shape index (κ2) is 9.25. The van der Waals surface area contributed by atoms with Gasteiger partial charge in [0.25, 0.3) is 0 Å². The van der Waals surface area contributed by atoms with E-state index in [1.165, 1.54) is 23.1 Å². The van der Waals surface area contributed by atoms with E-state index >= 15 is 0 Å². The molecule has 2 aromatic rings. The van der Waals surface area contributed by atoms with Crippen molar-refractivity contribution in [1.29, 1.82) is 0 Å². The normalized spacial score (nSPS) is 12.2. The number of thioether (sulfide) groups is 1. The molecular weight excluding hydrogens is 364 g/mol. The molecule has 1 unspecified atom stereocenters. The molecule has 0 radical (unpaired) electrons. The van der Waals surface area contributed by atoms with E-state index < -0.39 is 0 Å². The summed E-state index contributed by atoms with van der Waals surface area (Å²) in [6.07, 6.45) is 0. The molecule has 0 aliphatic rings. The highest BCUT2D eigenvalue weighted by molar-refractivity contribution is 8.02. The van der Waals surface area contributed by atoms with Crippen LogP contribution in [0.5, 0.6) is 0 Å². The van der Waals surface area contributed by atoms with E-state index in [0.717, 1.165) is 21.6 Å². The second-order valence-corrected chi connectivity index (χ2v) is 8.69. The molecular formula is C16H21ClN4OS2. The number of hydrogen-bond acceptors (Lipinski definition) is 6. The Labute approximate surface area is 155 Å². The maximum atomic E-state index is 12.2. The molecule has 1 amide bonds. The minimum atomic E-state index is -0.251. The lowest BCUT2D eigenvalue weighted by Gasteiger charge is -2.11. The first-order valence-electron chi connectivity index (χ1n) is 7.71. The Morgan fingerprint density at radius 1 is 1.29 bits per heavy atom. The first-order valence-corrected chi connectivity index (χ1v) is 9.78. The van der Waals surface area contributed by atoms with Gasteiger partial charge in [0.1, 0.15) is 0 Å². The largest absolute Gasteiger partial charge is 0.360 e. The zero-order valence-electron chi connectivity index (χ0n) is 13.9. The lowest BCUT2D eigenvalue weighted by atomic mass is 10.2. The minimum Gasteiger partial charge on any atom is -0.360 e. The summed E-state index contributed by atoms with van der Waals surface area (Å²) >= 11 is 8.96. The van der Waals surface area contributed by atoms with Gasteiger partial charge in [-0.2, -0.15) is 0 Å². The lowest BCUT2D eigenvalue weighted by molar-refractivity contribution is -0.120. The molecule has 1 heterocycles. The topological polar surface area (TPSA) is 66.9 Å². The van der Waals surface area contributed by atoms with Crippen LogP contribution in [0.2, 0.25) is 5.02 Å². The highest BCUT2D eigenvalue weighted by Gasteiger charge is 2.17. The minimum absolute atomic E-state index is 0.0493. The number of amides is 1. The number of nitrogens with zero attached hydrogens (tertiary/aromatic N) is 2. The van der Waals surface area contributed by atoms with Gasteiger partial charge in [-0.3, -0.25) is 4.79 Å². The maximum Gasteiger partial charge on any atom is 0.233 e. The van der Waals surface area contributed by atoms with E-state index in [1.807, 2.05) is 31.2 Å². The summed E-state index contributed by atoms with van der Waals surface area (Å²) in [6, 6.07) is 7.48. The van der Waals surface area contributed by atoms with Crippen LogP contribution in [0, 0.1) is 5.92 Å². The van der Waals surface area contributed by atoms with Crippen LogP contribution < -0.4 is 10.6 Å². The molecule has 1 aromatic carbocycles. The molecule has 0 saturated carbocycles. The predicted octanol–water partition coefficient (Wildman–Crippen LogP) is 4.06. The molecule has 5 nitrogen and oxygen atoms in total. The number of hydrogen-bond donors (Lipinski definition) is 2. The fraction of sp³-hybridized carbons (Fsp3) is 0.438. The third-order valence-electron chi connectivity index (χ3n) is 3.13. The van der Waals surface area contributed by atoms with Crippen molar-refractivity contribution >= 4 is 45.7 Å². The van der Waals surface area contributed by atoms with E-state index in [1.54, 1.807) is 0 Å². The summed E-state index contributed by atoms with van der Waals surface area (Å²) in [5.74, 6) is 0.492. The van der Waals surface area contributed by atoms with Crippen LogP contribution in [-0.2, 0) is 11.3 Å². The van der Waals surface area contributed by atoms with Gasteiger partial charge in [-0.1, -0.05) is 66.7 Å². The number of aromatic nitrogens is 2. The van der Waals surface area contributed by atoms with Gasteiger partial charge >= 0.3 is 0 Å². The highest BCUT2D eigenvalue weighted by Crippen LogP contribution is 2.29. The molecule has 0 aliphatic heterocycles. The Morgan fingerprint density at radius 2 is 2.04 bits per heavy atom. The first-order chi connectivity index (χ1) is 11.5. The van der Waals surface area contributed by atoms with Crippen molar-refractivity contribution in [1.82, 2.24) is 15.5 Å². The number of benzene rings is 1. The summed E-state index contributed by atoms with van der Waals surface area (Å²) in [5.41, 5.74) is 0.904. The zero-order valence-corrected chi connectivity index (χ0v) is 16.3. The Hall–Kier alpha value is -1.31. The molecule has 8 heteroatoms. The number of rotatable bonds is 8. The van der Waals surface area contributed by atoms with Crippen LogP contribution in [0.15, 0.2) is 28.6 Å². The zero-order chi connectivity index (χ0) is 17.5. The van der Waals surface area contributed by atoms with Crippen LogP contribution >= 0.6 is 34.7 Å². The van der Waals surface area contributed by atoms with Crippen LogP contribution in [0.3, 0.4) is 0 Å². The Kier molecular flexibility index (Phi) is 7.33. The molecule has 0 fully saturated rings. The van der Waals surface area contributed by atoms with Crippen molar-refractivity contribution in [3.8, 4) is 0 Å². The van der Waals surface area contributed by atoms with Crippen molar-refractivity contribution in [3.05, 3.63) is 34.9 Å². The molecule has 24 heavy (non-hydrogen) atoms. The van der Waals surface area contributed by atoms with Crippen molar-refractivity contribution in [2.24, 2.45) is 5.92 Å². The van der Waals surface area contributed by atoms with Gasteiger partial charge in [-0.05, 0) is 24.5 Å². The van der Waals surface area contributed by atoms with Gasteiger partial charge < -0.3 is 10.6 Å². The fourth-order valence-corrected chi connectivity index (χ4v) is 3.92. The third-order valence-corrected chi connectivity index (χ3v) is 5.56. The summed E-state index contributed by atoms with van der Waals surface area (Å²) in [5, 5.41) is 15.5. The van der Waals surface area contributed by atoms with Crippen molar-refractivity contribution < 1.29 is 4.79 Å². The molecule has 0 spiro atoms. The number of carbonyl (C=O) groups is 1. The highest BCUT2D eigenvalue weighted by atomic mass is 35.5. The molecule has 130 valence electrons. The Morgan fingerprint density at radius 3 is 2.75 bits per heavy atom. The summed E-state index contributed by atoms with van der Waals surface area (Å²) < 4.78 is 0.779. The average Bonchev–Trinajstić information content (AvgIpc) is 2.99. The molecule has 2 rings (SSSR count). The summed E-state index contributed by atoms with van der Waals surface area (Å²) in [4.78, 5) is 12.2. The van der Waals surface area contributed by atoms with Gasteiger partial charge in [0.05, 0.1) is 5.25 Å². The number of anilines is 1. The lowest BCUT2D eigenvalue weighted by Crippen LogP contribution is -2.30. The molecule has 0 bridgehead atoms. The first kappa shape index (κ1) is 19.0. The van der Waals surface area contributed by atoms with E-state index in [0.29, 0.717) is 17.5 Å². The number of carbonyl (C=O) groups excluding carboxylic acids is 1. The van der Waals surface area contributed by atoms with Crippen molar-refractivity contribution in [3.63, 3.8) is 0 Å². The summed E-state index contributed by atoms with van der Waals surface area (Å²) in [6.45, 7) is 7.40. The Bertz CT molecular complexity index is 678. The smallest absolute Gasteiger partial charge is 0.233 e. The number of halogens is 1. The standard InChI is InChI=1S/C16H21ClN4OS2/c1-10(2)8-19-15-20-21-16(24-15)23-11(3)14(22)18-9-12-6-4-5-7-13(12)17/h4-7,10-11H,8-9H2,1-3H3,(H,18,22)(H,19,20). The molecule has 0 aliphatic carbocycles. The third kappa shape index (κ3) is 5.96. The van der Waals surface area contributed by atoms with Gasteiger partial charge in [0, 0.05) is 18.1 Å². The van der Waals surface area contributed by atoms with Gasteiger partial charge in [-0.25, -0.2) is 0 Å². The summed E-state index contributed by atoms with van der Waals surface area (Å²) in [7, 11) is 0. The average molecular weight is 385 g/mol. The SMILES string of the molecule is CC(C)CNc1nnc(SC(C)C(=O)NCc2ccccc2Cl)s1. The monoisotopic (exact) mass is 384 g/mol. The van der Waals surface area contributed by atoms with Gasteiger partial charge in [0.2, 0.25) is 11.0 Å². The van der Waals surface area contributed by atoms with Gasteiger partial charge in [-0.15, -0.1) is 10.2 Å². The van der Waals surface area contributed by atoms with Crippen molar-refractivity contribution in [2.75, 3.05) is 11.9 Å². The Balaban J connectivity index is 1.82. The van der Waals surface area contributed by atoms with Crippen LogP contribution in [-0.4, -0.2) is 27.9 Å². The van der Waals surface area contributed by atoms with Crippen LogP contribution in [0.4, 0.5) is 5.13 Å².